The largest absolute Gasteiger partial charge is 0.339 e. The van der Waals surface area contributed by atoms with Gasteiger partial charge in [0.25, 0.3) is 0 Å². The molecular formula is C16H18BrNO2. The third kappa shape index (κ3) is 4.30. The highest BCUT2D eigenvalue weighted by Crippen LogP contribution is 2.12. The Balaban J connectivity index is 1.95. The Morgan fingerprint density at radius 3 is 2.15 bits per heavy atom. The molecule has 1 aliphatic heterocycles. The Morgan fingerprint density at radius 1 is 0.950 bits per heavy atom. The highest BCUT2D eigenvalue weighted by atomic mass is 79.9. The number of hydrogen-bond acceptors (Lipinski definition) is 2. The van der Waals surface area contributed by atoms with E-state index in [0.29, 0.717) is 5.56 Å². The van der Waals surface area contributed by atoms with Gasteiger partial charge in [-0.25, -0.2) is 0 Å². The zero-order valence-corrected chi connectivity index (χ0v) is 12.9. The summed E-state index contributed by atoms with van der Waals surface area (Å²) < 4.78 is 0.929. The zero-order chi connectivity index (χ0) is 14.4. The van der Waals surface area contributed by atoms with Crippen molar-refractivity contribution in [2.75, 3.05) is 13.1 Å². The second-order valence-corrected chi connectivity index (χ2v) is 5.86. The van der Waals surface area contributed by atoms with Crippen LogP contribution < -0.4 is 0 Å². The summed E-state index contributed by atoms with van der Waals surface area (Å²) in [5.74, 6) is -0.196. The monoisotopic (exact) mass is 335 g/mol. The van der Waals surface area contributed by atoms with Crippen LogP contribution in [0, 0.1) is 0 Å². The molecule has 2 rings (SSSR count). The van der Waals surface area contributed by atoms with Gasteiger partial charge in [-0.3, -0.25) is 9.59 Å². The standard InChI is InChI=1S/C16H18BrNO2/c17-14-7-5-13(6-8-14)15(19)9-10-16(20)18-11-3-1-2-4-12-18/h5-10H,1-4,11-12H2/b10-9+. The number of carbonyl (C=O) groups excluding carboxylic acids is 2. The van der Waals surface area contributed by atoms with E-state index >= 15 is 0 Å². The van der Waals surface area contributed by atoms with Gasteiger partial charge in [0.2, 0.25) is 5.91 Å². The number of allylic oxidation sites excluding steroid dienone is 1. The Bertz CT molecular complexity index is 500. The molecule has 1 amide bonds. The van der Waals surface area contributed by atoms with Gasteiger partial charge in [0.05, 0.1) is 0 Å². The van der Waals surface area contributed by atoms with Crippen LogP contribution in [0.1, 0.15) is 36.0 Å². The summed E-state index contributed by atoms with van der Waals surface area (Å²) in [6, 6.07) is 7.12. The van der Waals surface area contributed by atoms with E-state index in [1.54, 1.807) is 12.1 Å². The molecule has 0 aromatic heterocycles. The first-order valence-corrected chi connectivity index (χ1v) is 7.73. The van der Waals surface area contributed by atoms with Crippen LogP contribution in [0.3, 0.4) is 0 Å². The molecule has 1 aromatic rings. The van der Waals surface area contributed by atoms with Crippen molar-refractivity contribution in [2.24, 2.45) is 0 Å². The Kier molecular flexibility index (Phi) is 5.53. The lowest BCUT2D eigenvalue weighted by atomic mass is 10.1. The molecule has 106 valence electrons. The van der Waals surface area contributed by atoms with Gasteiger partial charge in [-0.2, -0.15) is 0 Å². The number of ketones is 1. The molecule has 0 atom stereocenters. The molecule has 0 spiro atoms. The molecule has 3 nitrogen and oxygen atoms in total. The summed E-state index contributed by atoms with van der Waals surface area (Å²) >= 11 is 3.33. The Hall–Kier alpha value is -1.42. The maximum absolute atomic E-state index is 12.0. The molecule has 20 heavy (non-hydrogen) atoms. The fourth-order valence-electron chi connectivity index (χ4n) is 2.25. The van der Waals surface area contributed by atoms with Gasteiger partial charge in [0.15, 0.2) is 5.78 Å². The van der Waals surface area contributed by atoms with Gasteiger partial charge in [0.1, 0.15) is 0 Å². The van der Waals surface area contributed by atoms with Crippen molar-refractivity contribution in [1.82, 2.24) is 4.90 Å². The van der Waals surface area contributed by atoms with Gasteiger partial charge < -0.3 is 4.90 Å². The Morgan fingerprint density at radius 2 is 1.55 bits per heavy atom. The van der Waals surface area contributed by atoms with E-state index in [-0.39, 0.29) is 11.7 Å². The molecule has 0 saturated carbocycles. The van der Waals surface area contributed by atoms with E-state index < -0.39 is 0 Å². The number of likely N-dealkylation sites (tertiary alicyclic amines) is 1. The second kappa shape index (κ2) is 7.39. The fraction of sp³-hybridized carbons (Fsp3) is 0.375. The van der Waals surface area contributed by atoms with E-state index in [1.165, 1.54) is 25.0 Å². The van der Waals surface area contributed by atoms with Crippen LogP contribution in [-0.4, -0.2) is 29.7 Å². The topological polar surface area (TPSA) is 37.4 Å². The second-order valence-electron chi connectivity index (χ2n) is 4.94. The number of halogens is 1. The smallest absolute Gasteiger partial charge is 0.246 e. The molecule has 0 aliphatic carbocycles. The van der Waals surface area contributed by atoms with Crippen molar-refractivity contribution in [1.29, 1.82) is 0 Å². The third-order valence-electron chi connectivity index (χ3n) is 3.42. The van der Waals surface area contributed by atoms with E-state index in [4.69, 9.17) is 0 Å². The van der Waals surface area contributed by atoms with Crippen LogP contribution in [0.2, 0.25) is 0 Å². The lowest BCUT2D eigenvalue weighted by Gasteiger charge is -2.17. The number of amides is 1. The SMILES string of the molecule is O=C(/C=C/C(=O)N1CCCCCC1)c1ccc(Br)cc1. The van der Waals surface area contributed by atoms with Crippen molar-refractivity contribution in [3.05, 3.63) is 46.5 Å². The van der Waals surface area contributed by atoms with E-state index in [0.717, 1.165) is 30.4 Å². The third-order valence-corrected chi connectivity index (χ3v) is 3.95. The molecule has 1 aromatic carbocycles. The Labute approximate surface area is 127 Å². The van der Waals surface area contributed by atoms with Gasteiger partial charge in [-0.1, -0.05) is 28.8 Å². The molecule has 4 heteroatoms. The van der Waals surface area contributed by atoms with E-state index in [9.17, 15) is 9.59 Å². The summed E-state index contributed by atoms with van der Waals surface area (Å²) in [5, 5.41) is 0. The average Bonchev–Trinajstić information content (AvgIpc) is 2.74. The number of nitrogens with zero attached hydrogens (tertiary/aromatic N) is 1. The minimum Gasteiger partial charge on any atom is -0.339 e. The molecule has 1 aliphatic rings. The highest BCUT2D eigenvalue weighted by molar-refractivity contribution is 9.10. The van der Waals surface area contributed by atoms with Crippen molar-refractivity contribution >= 4 is 27.6 Å². The lowest BCUT2D eigenvalue weighted by Crippen LogP contribution is -2.30. The van der Waals surface area contributed by atoms with Crippen LogP contribution in [0.4, 0.5) is 0 Å². The van der Waals surface area contributed by atoms with Crippen molar-refractivity contribution in [3.63, 3.8) is 0 Å². The lowest BCUT2D eigenvalue weighted by molar-refractivity contribution is -0.126. The minimum atomic E-state index is -0.138. The van der Waals surface area contributed by atoms with Crippen LogP contribution in [0.5, 0.6) is 0 Å². The molecule has 0 radical (unpaired) electrons. The fourth-order valence-corrected chi connectivity index (χ4v) is 2.52. The molecule has 0 unspecified atom stereocenters. The zero-order valence-electron chi connectivity index (χ0n) is 11.3. The van der Waals surface area contributed by atoms with E-state index in [1.807, 2.05) is 17.0 Å². The molecule has 0 bridgehead atoms. The maximum atomic E-state index is 12.0. The quantitative estimate of drug-likeness (QED) is 0.625. The van der Waals surface area contributed by atoms with Crippen LogP contribution in [0.25, 0.3) is 0 Å². The first-order valence-electron chi connectivity index (χ1n) is 6.94. The highest BCUT2D eigenvalue weighted by Gasteiger charge is 2.13. The van der Waals surface area contributed by atoms with Crippen LogP contribution >= 0.6 is 15.9 Å². The number of rotatable bonds is 3. The molecular weight excluding hydrogens is 318 g/mol. The summed E-state index contributed by atoms with van der Waals surface area (Å²) in [5.41, 5.74) is 0.591. The van der Waals surface area contributed by atoms with Crippen LogP contribution in [-0.2, 0) is 4.79 Å². The molecule has 1 fully saturated rings. The summed E-state index contributed by atoms with van der Waals surface area (Å²) in [4.78, 5) is 25.8. The molecule has 0 N–H and O–H groups in total. The first-order chi connectivity index (χ1) is 9.66. The number of benzene rings is 1. The number of carbonyl (C=O) groups is 2. The van der Waals surface area contributed by atoms with Gasteiger partial charge in [0, 0.05) is 29.2 Å². The summed E-state index contributed by atoms with van der Waals surface area (Å²) in [7, 11) is 0. The minimum absolute atomic E-state index is 0.0580. The predicted molar refractivity (Wildman–Crippen MR) is 82.7 cm³/mol. The maximum Gasteiger partial charge on any atom is 0.246 e. The van der Waals surface area contributed by atoms with Crippen molar-refractivity contribution in [2.45, 2.75) is 25.7 Å². The van der Waals surface area contributed by atoms with Gasteiger partial charge in [-0.15, -0.1) is 0 Å². The first kappa shape index (κ1) is 15.0. The van der Waals surface area contributed by atoms with Crippen LogP contribution in [0.15, 0.2) is 40.9 Å². The van der Waals surface area contributed by atoms with Crippen molar-refractivity contribution < 1.29 is 9.59 Å². The van der Waals surface area contributed by atoms with Crippen molar-refractivity contribution in [3.8, 4) is 0 Å². The molecule has 1 heterocycles. The number of hydrogen-bond donors (Lipinski definition) is 0. The molecule has 1 saturated heterocycles. The summed E-state index contributed by atoms with van der Waals surface area (Å²) in [6.07, 6.45) is 7.25. The van der Waals surface area contributed by atoms with Gasteiger partial charge >= 0.3 is 0 Å². The van der Waals surface area contributed by atoms with E-state index in [2.05, 4.69) is 15.9 Å². The summed E-state index contributed by atoms with van der Waals surface area (Å²) in [6.45, 7) is 1.60. The van der Waals surface area contributed by atoms with Gasteiger partial charge in [-0.05, 0) is 43.2 Å². The normalized spacial score (nSPS) is 16.1. The average molecular weight is 336 g/mol. The predicted octanol–water partition coefficient (Wildman–Crippen LogP) is 3.59.